The van der Waals surface area contributed by atoms with Crippen LogP contribution in [0.2, 0.25) is 0 Å². The van der Waals surface area contributed by atoms with Gasteiger partial charge in [0.05, 0.1) is 6.42 Å². The molecule has 0 spiro atoms. The highest BCUT2D eigenvalue weighted by Gasteiger charge is 2.60. The van der Waals surface area contributed by atoms with Crippen molar-refractivity contribution in [3.8, 4) is 0 Å². The van der Waals surface area contributed by atoms with E-state index in [4.69, 9.17) is 37.9 Å². The molecule has 14 nitrogen and oxygen atoms in total. The molecule has 1 saturated heterocycles. The van der Waals surface area contributed by atoms with Gasteiger partial charge in [0.1, 0.15) is 25.4 Å². The number of hydrogen-bond donors (Lipinski definition) is 0. The summed E-state index contributed by atoms with van der Waals surface area (Å²) in [5.41, 5.74) is 0.642. The van der Waals surface area contributed by atoms with E-state index in [0.29, 0.717) is 5.56 Å². The van der Waals surface area contributed by atoms with Gasteiger partial charge in [0.15, 0.2) is 18.3 Å². The SMILES string of the molecule is COC1(C(=O)OCc2ccccc2)CC(OC(C)=O)C(OC(C)=O)C(C(OC(C)=O)C(COC(C)=O)OC(C)=O)O1. The van der Waals surface area contributed by atoms with Crippen LogP contribution < -0.4 is 0 Å². The molecule has 1 aliphatic rings. The lowest BCUT2D eigenvalue weighted by molar-refractivity contribution is -0.325. The molecule has 0 bridgehead atoms. The van der Waals surface area contributed by atoms with E-state index in [1.54, 1.807) is 30.3 Å². The van der Waals surface area contributed by atoms with E-state index in [1.807, 2.05) is 0 Å². The average molecular weight is 583 g/mol. The molecule has 6 atom stereocenters. The van der Waals surface area contributed by atoms with E-state index in [-0.39, 0.29) is 6.61 Å². The summed E-state index contributed by atoms with van der Waals surface area (Å²) in [6.45, 7) is 4.55. The van der Waals surface area contributed by atoms with E-state index in [0.717, 1.165) is 41.7 Å². The Labute approximate surface area is 236 Å². The molecule has 0 amide bonds. The molecule has 6 unspecified atom stereocenters. The van der Waals surface area contributed by atoms with Crippen molar-refractivity contribution in [1.82, 2.24) is 0 Å². The molecule has 0 aliphatic carbocycles. The van der Waals surface area contributed by atoms with Gasteiger partial charge in [0.2, 0.25) is 0 Å². The number of methoxy groups -OCH3 is 1. The Balaban J connectivity index is 2.62. The first-order valence-corrected chi connectivity index (χ1v) is 12.5. The predicted molar refractivity (Wildman–Crippen MR) is 134 cm³/mol. The van der Waals surface area contributed by atoms with Crippen molar-refractivity contribution in [3.63, 3.8) is 0 Å². The molecule has 2 rings (SSSR count). The second-order valence-corrected chi connectivity index (χ2v) is 9.05. The highest BCUT2D eigenvalue weighted by atomic mass is 16.7. The maximum absolute atomic E-state index is 13.5. The van der Waals surface area contributed by atoms with Gasteiger partial charge >= 0.3 is 35.8 Å². The van der Waals surface area contributed by atoms with Gasteiger partial charge in [-0.2, -0.15) is 0 Å². The summed E-state index contributed by atoms with van der Waals surface area (Å²) in [6.07, 6.45) is -8.28. The fourth-order valence-corrected chi connectivity index (χ4v) is 4.17. The van der Waals surface area contributed by atoms with Gasteiger partial charge in [-0.25, -0.2) is 4.79 Å². The third kappa shape index (κ3) is 9.83. The molecule has 41 heavy (non-hydrogen) atoms. The van der Waals surface area contributed by atoms with Crippen LogP contribution in [0.15, 0.2) is 30.3 Å². The maximum atomic E-state index is 13.5. The molecular formula is C27H34O14. The molecule has 0 N–H and O–H groups in total. The summed E-state index contributed by atoms with van der Waals surface area (Å²) in [6, 6.07) is 8.69. The molecule has 14 heteroatoms. The Bertz CT molecular complexity index is 1100. The van der Waals surface area contributed by atoms with Crippen molar-refractivity contribution in [1.29, 1.82) is 0 Å². The van der Waals surface area contributed by atoms with Gasteiger partial charge in [-0.05, 0) is 5.56 Å². The standard InChI is InChI=1S/C27H34O14/c1-15(28)35-14-22(38-17(3)30)24(40-19(5)32)25-23(39-18(4)31)21(37-16(2)29)12-27(34-6,41-25)26(33)36-13-20-10-8-7-9-11-20/h7-11,21-25H,12-14H2,1-6H3. The molecule has 0 aromatic heterocycles. The molecule has 0 radical (unpaired) electrons. The molecule has 0 saturated carbocycles. The number of carbonyl (C=O) groups is 6. The summed E-state index contributed by atoms with van der Waals surface area (Å²) in [5, 5.41) is 0. The third-order valence-electron chi connectivity index (χ3n) is 5.72. The largest absolute Gasteiger partial charge is 0.462 e. The van der Waals surface area contributed by atoms with Crippen molar-refractivity contribution in [2.45, 2.75) is 84.0 Å². The lowest BCUT2D eigenvalue weighted by Crippen LogP contribution is -2.66. The Morgan fingerprint density at radius 3 is 1.95 bits per heavy atom. The second kappa shape index (κ2) is 15.1. The Morgan fingerprint density at radius 1 is 0.829 bits per heavy atom. The number of ether oxygens (including phenoxy) is 8. The monoisotopic (exact) mass is 582 g/mol. The predicted octanol–water partition coefficient (Wildman–Crippen LogP) is 1.15. The maximum Gasteiger partial charge on any atom is 0.367 e. The van der Waals surface area contributed by atoms with Crippen molar-refractivity contribution in [3.05, 3.63) is 35.9 Å². The molecule has 1 heterocycles. The first kappa shape index (κ1) is 33.2. The normalized spacial score (nSPS) is 23.2. The lowest BCUT2D eigenvalue weighted by Gasteiger charge is -2.47. The fourth-order valence-electron chi connectivity index (χ4n) is 4.17. The molecule has 1 aliphatic heterocycles. The van der Waals surface area contributed by atoms with Crippen LogP contribution in [0.5, 0.6) is 0 Å². The van der Waals surface area contributed by atoms with Gasteiger partial charge in [-0.1, -0.05) is 30.3 Å². The van der Waals surface area contributed by atoms with Gasteiger partial charge in [-0.3, -0.25) is 24.0 Å². The Kier molecular flexibility index (Phi) is 12.2. The van der Waals surface area contributed by atoms with Gasteiger partial charge in [0, 0.05) is 41.7 Å². The minimum absolute atomic E-state index is 0.180. The lowest BCUT2D eigenvalue weighted by atomic mass is 9.90. The molecular weight excluding hydrogens is 548 g/mol. The van der Waals surface area contributed by atoms with Gasteiger partial charge in [-0.15, -0.1) is 0 Å². The topological polar surface area (TPSA) is 176 Å². The second-order valence-electron chi connectivity index (χ2n) is 9.05. The van der Waals surface area contributed by atoms with Crippen LogP contribution in [0, 0.1) is 0 Å². The van der Waals surface area contributed by atoms with Crippen LogP contribution in [0.25, 0.3) is 0 Å². The zero-order valence-electron chi connectivity index (χ0n) is 23.6. The zero-order chi connectivity index (χ0) is 30.7. The third-order valence-corrected chi connectivity index (χ3v) is 5.72. The van der Waals surface area contributed by atoms with Crippen molar-refractivity contribution >= 4 is 35.8 Å². The summed E-state index contributed by atoms with van der Waals surface area (Å²) in [7, 11) is 1.13. The summed E-state index contributed by atoms with van der Waals surface area (Å²) in [4.78, 5) is 73.3. The van der Waals surface area contributed by atoms with E-state index in [2.05, 4.69) is 0 Å². The van der Waals surface area contributed by atoms with Crippen molar-refractivity contribution in [2.75, 3.05) is 13.7 Å². The number of hydrogen-bond acceptors (Lipinski definition) is 14. The molecule has 1 fully saturated rings. The van der Waals surface area contributed by atoms with Crippen LogP contribution in [0.4, 0.5) is 0 Å². The summed E-state index contributed by atoms with van der Waals surface area (Å²) >= 11 is 0. The first-order chi connectivity index (χ1) is 19.3. The van der Waals surface area contributed by atoms with Crippen LogP contribution in [0.3, 0.4) is 0 Å². The molecule has 1 aromatic carbocycles. The first-order valence-electron chi connectivity index (χ1n) is 12.5. The van der Waals surface area contributed by atoms with Crippen LogP contribution in [-0.4, -0.2) is 85.8 Å². The average Bonchev–Trinajstić information content (AvgIpc) is 2.89. The minimum Gasteiger partial charge on any atom is -0.462 e. The minimum atomic E-state index is -2.28. The van der Waals surface area contributed by atoms with Crippen LogP contribution in [0.1, 0.15) is 46.6 Å². The van der Waals surface area contributed by atoms with E-state index < -0.39 is 85.2 Å². The Morgan fingerprint density at radius 2 is 1.44 bits per heavy atom. The van der Waals surface area contributed by atoms with E-state index >= 15 is 0 Å². The molecule has 226 valence electrons. The van der Waals surface area contributed by atoms with Gasteiger partial charge in [0.25, 0.3) is 5.79 Å². The van der Waals surface area contributed by atoms with Gasteiger partial charge < -0.3 is 37.9 Å². The van der Waals surface area contributed by atoms with E-state index in [1.165, 1.54) is 0 Å². The van der Waals surface area contributed by atoms with Crippen molar-refractivity contribution < 1.29 is 66.7 Å². The number of esters is 6. The number of benzene rings is 1. The fraction of sp³-hybridized carbons (Fsp3) is 0.556. The van der Waals surface area contributed by atoms with Crippen LogP contribution >= 0.6 is 0 Å². The van der Waals surface area contributed by atoms with E-state index in [9.17, 15) is 28.8 Å². The quantitative estimate of drug-likeness (QED) is 0.253. The number of rotatable bonds is 12. The number of carbonyl (C=O) groups excluding carboxylic acids is 6. The van der Waals surface area contributed by atoms with Crippen molar-refractivity contribution in [2.24, 2.45) is 0 Å². The Hall–Kier alpha value is -4.04. The molecule has 1 aromatic rings. The highest BCUT2D eigenvalue weighted by Crippen LogP contribution is 2.38. The zero-order valence-corrected chi connectivity index (χ0v) is 23.6. The van der Waals surface area contributed by atoms with Crippen LogP contribution in [-0.2, 0) is 73.3 Å². The summed E-state index contributed by atoms with van der Waals surface area (Å²) in [5.74, 6) is -7.48. The summed E-state index contributed by atoms with van der Waals surface area (Å²) < 4.78 is 43.5. The smallest absolute Gasteiger partial charge is 0.367 e. The highest BCUT2D eigenvalue weighted by molar-refractivity contribution is 5.78.